The molecule has 3 rings (SSSR count). The van der Waals surface area contributed by atoms with Gasteiger partial charge in [-0.2, -0.15) is 0 Å². The van der Waals surface area contributed by atoms with Crippen molar-refractivity contribution in [2.24, 2.45) is 4.99 Å². The maximum Gasteiger partial charge on any atom is 0.238 e. The quantitative estimate of drug-likeness (QED) is 0.857. The number of aliphatic imine (C=N–C) groups is 1. The Morgan fingerprint density at radius 3 is 2.68 bits per heavy atom. The Hall–Kier alpha value is -2.31. The summed E-state index contributed by atoms with van der Waals surface area (Å²) in [6.45, 7) is 1.99. The van der Waals surface area contributed by atoms with Crippen molar-refractivity contribution in [1.29, 1.82) is 0 Å². The molecule has 0 aliphatic carbocycles. The molecule has 0 saturated carbocycles. The monoisotopic (exact) mass is 373 g/mol. The van der Waals surface area contributed by atoms with E-state index in [1.165, 1.54) is 11.8 Å². The maximum absolute atomic E-state index is 12.5. The van der Waals surface area contributed by atoms with Gasteiger partial charge in [-0.3, -0.25) is 9.59 Å². The number of anilines is 1. The number of amidine groups is 1. The van der Waals surface area contributed by atoms with Crippen LogP contribution in [0.3, 0.4) is 0 Å². The van der Waals surface area contributed by atoms with E-state index < -0.39 is 5.25 Å². The van der Waals surface area contributed by atoms with Crippen LogP contribution in [-0.2, 0) is 9.59 Å². The van der Waals surface area contributed by atoms with Crippen LogP contribution in [0.15, 0.2) is 53.5 Å². The predicted molar refractivity (Wildman–Crippen MR) is 102 cm³/mol. The van der Waals surface area contributed by atoms with Crippen LogP contribution >= 0.6 is 23.4 Å². The van der Waals surface area contributed by atoms with Crippen molar-refractivity contribution >= 4 is 51.7 Å². The minimum Gasteiger partial charge on any atom is -0.324 e. The van der Waals surface area contributed by atoms with Gasteiger partial charge >= 0.3 is 0 Å². The number of benzene rings is 2. The number of thioether (sulfide) groups is 1. The molecule has 2 amide bonds. The molecule has 2 N–H and O–H groups in total. The van der Waals surface area contributed by atoms with E-state index in [0.717, 1.165) is 11.3 Å². The first-order valence-corrected chi connectivity index (χ1v) is 8.94. The Balaban J connectivity index is 1.74. The smallest absolute Gasteiger partial charge is 0.238 e. The van der Waals surface area contributed by atoms with Gasteiger partial charge in [0.05, 0.1) is 16.4 Å². The fourth-order valence-corrected chi connectivity index (χ4v) is 3.44. The summed E-state index contributed by atoms with van der Waals surface area (Å²) in [6.07, 6.45) is 0.0911. The van der Waals surface area contributed by atoms with Gasteiger partial charge in [0.2, 0.25) is 11.8 Å². The van der Waals surface area contributed by atoms with Crippen molar-refractivity contribution in [3.8, 4) is 0 Å². The van der Waals surface area contributed by atoms with Crippen LogP contribution in [0.5, 0.6) is 0 Å². The average Bonchev–Trinajstić information content (AvgIpc) is 2.58. The predicted octanol–water partition coefficient (Wildman–Crippen LogP) is 3.90. The van der Waals surface area contributed by atoms with Crippen LogP contribution < -0.4 is 10.6 Å². The number of carbonyl (C=O) groups is 2. The van der Waals surface area contributed by atoms with E-state index in [-0.39, 0.29) is 18.2 Å². The minimum atomic E-state index is -0.561. The molecule has 0 radical (unpaired) electrons. The molecule has 128 valence electrons. The van der Waals surface area contributed by atoms with E-state index in [2.05, 4.69) is 15.6 Å². The Morgan fingerprint density at radius 2 is 1.96 bits per heavy atom. The van der Waals surface area contributed by atoms with Crippen molar-refractivity contribution in [2.75, 3.05) is 5.32 Å². The molecule has 1 saturated heterocycles. The second kappa shape index (κ2) is 7.72. The highest BCUT2D eigenvalue weighted by Crippen LogP contribution is 2.26. The number of nitrogens with one attached hydrogen (secondary N) is 2. The summed E-state index contributed by atoms with van der Waals surface area (Å²) in [5.74, 6) is -0.506. The van der Waals surface area contributed by atoms with Gasteiger partial charge in [-0.1, -0.05) is 53.2 Å². The summed E-state index contributed by atoms with van der Waals surface area (Å²) in [4.78, 5) is 28.8. The molecule has 1 atom stereocenters. The number of hydrogen-bond donors (Lipinski definition) is 2. The Kier molecular flexibility index (Phi) is 5.40. The molecule has 0 bridgehead atoms. The van der Waals surface area contributed by atoms with Gasteiger partial charge in [0.15, 0.2) is 5.17 Å². The third-order valence-electron chi connectivity index (χ3n) is 3.56. The summed E-state index contributed by atoms with van der Waals surface area (Å²) in [5.41, 5.74) is 2.37. The van der Waals surface area contributed by atoms with E-state index in [9.17, 15) is 9.59 Å². The van der Waals surface area contributed by atoms with Gasteiger partial charge in [0.1, 0.15) is 5.25 Å². The number of aryl methyl sites for hydroxylation is 1. The number of rotatable bonds is 3. The highest BCUT2D eigenvalue weighted by molar-refractivity contribution is 8.15. The maximum atomic E-state index is 12.5. The largest absolute Gasteiger partial charge is 0.324 e. The second-order valence-corrected chi connectivity index (χ2v) is 7.18. The minimum absolute atomic E-state index is 0.0911. The van der Waals surface area contributed by atoms with Crippen LogP contribution in [0.25, 0.3) is 0 Å². The molecule has 0 spiro atoms. The first-order valence-electron chi connectivity index (χ1n) is 7.68. The molecule has 25 heavy (non-hydrogen) atoms. The highest BCUT2D eigenvalue weighted by Gasteiger charge is 2.30. The van der Waals surface area contributed by atoms with Gasteiger partial charge < -0.3 is 10.6 Å². The third-order valence-corrected chi connectivity index (χ3v) is 4.97. The zero-order chi connectivity index (χ0) is 17.8. The third kappa shape index (κ3) is 4.61. The lowest BCUT2D eigenvalue weighted by Crippen LogP contribution is -2.41. The van der Waals surface area contributed by atoms with Crippen molar-refractivity contribution in [3.63, 3.8) is 0 Å². The topological polar surface area (TPSA) is 70.6 Å². The second-order valence-electron chi connectivity index (χ2n) is 5.58. The Morgan fingerprint density at radius 1 is 1.24 bits per heavy atom. The van der Waals surface area contributed by atoms with Gasteiger partial charge in [0.25, 0.3) is 0 Å². The molecule has 7 heteroatoms. The van der Waals surface area contributed by atoms with E-state index >= 15 is 0 Å². The van der Waals surface area contributed by atoms with Gasteiger partial charge in [-0.25, -0.2) is 4.99 Å². The molecule has 0 aromatic heterocycles. The molecule has 1 aliphatic heterocycles. The van der Waals surface area contributed by atoms with E-state index in [1.807, 2.05) is 31.2 Å². The summed E-state index contributed by atoms with van der Waals surface area (Å²) in [7, 11) is 0. The molecule has 1 heterocycles. The molecular formula is C18H16ClN3O2S. The van der Waals surface area contributed by atoms with Crippen molar-refractivity contribution < 1.29 is 9.59 Å². The van der Waals surface area contributed by atoms with Crippen molar-refractivity contribution in [3.05, 3.63) is 59.1 Å². The zero-order valence-electron chi connectivity index (χ0n) is 13.5. The number of halogens is 1. The highest BCUT2D eigenvalue weighted by atomic mass is 35.5. The molecule has 1 fully saturated rings. The first kappa shape index (κ1) is 17.5. The Labute approximate surface area is 154 Å². The zero-order valence-corrected chi connectivity index (χ0v) is 15.0. The van der Waals surface area contributed by atoms with Gasteiger partial charge in [-0.05, 0) is 31.2 Å². The lowest BCUT2D eigenvalue weighted by atomic mass is 10.2. The molecule has 2 aromatic carbocycles. The van der Waals surface area contributed by atoms with Gasteiger partial charge in [-0.15, -0.1) is 0 Å². The normalized spacial score (nSPS) is 18.7. The van der Waals surface area contributed by atoms with Crippen molar-refractivity contribution in [2.45, 2.75) is 18.6 Å². The SMILES string of the molecule is Cc1ccc(N=C2NC(=O)C[C@@H](C(=O)Nc3ccccc3Cl)S2)cc1. The molecule has 0 unspecified atom stereocenters. The standard InChI is InChI=1S/C18H16ClN3O2S/c1-11-6-8-12(9-7-11)20-18-22-16(23)10-15(25-18)17(24)21-14-5-3-2-4-13(14)19/h2-9,15H,10H2,1H3,(H,21,24)(H,20,22,23)/t15-/m0/s1. The van der Waals surface area contributed by atoms with E-state index in [4.69, 9.17) is 11.6 Å². The van der Waals surface area contributed by atoms with Crippen LogP contribution in [-0.4, -0.2) is 22.2 Å². The number of carbonyl (C=O) groups excluding carboxylic acids is 2. The summed E-state index contributed by atoms with van der Waals surface area (Å²) in [6, 6.07) is 14.6. The van der Waals surface area contributed by atoms with Crippen LogP contribution in [0, 0.1) is 6.92 Å². The summed E-state index contributed by atoms with van der Waals surface area (Å²) >= 11 is 7.29. The lowest BCUT2D eigenvalue weighted by Gasteiger charge is -2.22. The number of nitrogens with zero attached hydrogens (tertiary/aromatic N) is 1. The molecule has 2 aromatic rings. The van der Waals surface area contributed by atoms with E-state index in [1.54, 1.807) is 24.3 Å². The summed E-state index contributed by atoms with van der Waals surface area (Å²) < 4.78 is 0. The number of para-hydroxylation sites is 1. The van der Waals surface area contributed by atoms with Crippen LogP contribution in [0.4, 0.5) is 11.4 Å². The number of hydrogen-bond acceptors (Lipinski definition) is 4. The average molecular weight is 374 g/mol. The lowest BCUT2D eigenvalue weighted by molar-refractivity contribution is -0.123. The fraction of sp³-hybridized carbons (Fsp3) is 0.167. The Bertz CT molecular complexity index is 836. The fourth-order valence-electron chi connectivity index (χ4n) is 2.26. The van der Waals surface area contributed by atoms with Crippen LogP contribution in [0.1, 0.15) is 12.0 Å². The van der Waals surface area contributed by atoms with Gasteiger partial charge in [0, 0.05) is 6.42 Å². The van der Waals surface area contributed by atoms with E-state index in [0.29, 0.717) is 15.9 Å². The molecular weight excluding hydrogens is 358 g/mol. The molecule has 5 nitrogen and oxygen atoms in total. The molecule has 1 aliphatic rings. The first-order chi connectivity index (χ1) is 12.0. The van der Waals surface area contributed by atoms with Crippen molar-refractivity contribution in [1.82, 2.24) is 5.32 Å². The number of amides is 2. The summed E-state index contributed by atoms with van der Waals surface area (Å²) in [5, 5.41) is 5.78. The van der Waals surface area contributed by atoms with Crippen LogP contribution in [0.2, 0.25) is 5.02 Å².